The average Bonchev–Trinajstić information content (AvgIpc) is 3.24. The molecule has 0 saturated heterocycles. The Hall–Kier alpha value is -3.87. The summed E-state index contributed by atoms with van der Waals surface area (Å²) in [7, 11) is 3.75. The number of fused-ring (bicyclic) bond motifs is 2. The van der Waals surface area contributed by atoms with Gasteiger partial charge in [-0.05, 0) is 67.1 Å². The van der Waals surface area contributed by atoms with E-state index in [1.54, 1.807) is 6.07 Å². The Labute approximate surface area is 218 Å². The van der Waals surface area contributed by atoms with Crippen LogP contribution in [0.3, 0.4) is 0 Å². The molecule has 2 aliphatic rings. The number of amides is 2. The third-order valence-electron chi connectivity index (χ3n) is 7.68. The molecule has 2 amide bonds. The van der Waals surface area contributed by atoms with Crippen molar-refractivity contribution in [3.8, 4) is 0 Å². The number of benzene rings is 2. The summed E-state index contributed by atoms with van der Waals surface area (Å²) in [6.45, 7) is 2.72. The predicted molar refractivity (Wildman–Crippen MR) is 147 cm³/mol. The molecule has 0 bridgehead atoms. The fourth-order valence-electron chi connectivity index (χ4n) is 5.32. The highest BCUT2D eigenvalue weighted by atomic mass is 16.2. The molecule has 1 saturated carbocycles. The maximum absolute atomic E-state index is 13.8. The van der Waals surface area contributed by atoms with E-state index < -0.39 is 0 Å². The van der Waals surface area contributed by atoms with E-state index in [1.807, 2.05) is 77.9 Å². The second kappa shape index (κ2) is 10.6. The first-order chi connectivity index (χ1) is 17.9. The van der Waals surface area contributed by atoms with Gasteiger partial charge in [-0.25, -0.2) is 5.43 Å². The molecule has 3 aromatic rings. The van der Waals surface area contributed by atoms with E-state index in [1.165, 1.54) is 37.7 Å². The molecule has 5 rings (SSSR count). The Morgan fingerprint density at radius 2 is 1.65 bits per heavy atom. The van der Waals surface area contributed by atoms with Crippen molar-refractivity contribution >= 4 is 23.3 Å². The Morgan fingerprint density at radius 3 is 2.38 bits per heavy atom. The molecule has 1 fully saturated rings. The van der Waals surface area contributed by atoms with Crippen LogP contribution in [-0.4, -0.2) is 41.2 Å². The lowest BCUT2D eigenvalue weighted by atomic mass is 9.84. The minimum atomic E-state index is -0.275. The van der Waals surface area contributed by atoms with Crippen LogP contribution in [0.15, 0.2) is 65.8 Å². The van der Waals surface area contributed by atoms with Crippen LogP contribution in [-0.2, 0) is 13.1 Å². The number of hydrogen-bond donors (Lipinski definition) is 1. The number of nitrogens with zero attached hydrogens (tertiary/aromatic N) is 4. The maximum Gasteiger partial charge on any atom is 0.288 e. The Bertz CT molecular complexity index is 1320. The lowest BCUT2D eigenvalue weighted by molar-refractivity contribution is 0.0944. The second-order valence-corrected chi connectivity index (χ2v) is 10.3. The fraction of sp³-hybridized carbons (Fsp3) is 0.367. The molecule has 1 aromatic heterocycles. The van der Waals surface area contributed by atoms with Crippen molar-refractivity contribution in [1.29, 1.82) is 0 Å². The normalized spacial score (nSPS) is 16.0. The maximum atomic E-state index is 13.8. The van der Waals surface area contributed by atoms with Gasteiger partial charge < -0.3 is 14.4 Å². The van der Waals surface area contributed by atoms with Crippen molar-refractivity contribution in [3.63, 3.8) is 0 Å². The van der Waals surface area contributed by atoms with Crippen molar-refractivity contribution in [1.82, 2.24) is 14.9 Å². The van der Waals surface area contributed by atoms with E-state index in [4.69, 9.17) is 0 Å². The van der Waals surface area contributed by atoms with E-state index >= 15 is 0 Å². The minimum absolute atomic E-state index is 0.0329. The van der Waals surface area contributed by atoms with Crippen LogP contribution in [0.1, 0.15) is 82.6 Å². The minimum Gasteiger partial charge on any atom is -0.365 e. The molecular formula is C30H35N5O2. The summed E-state index contributed by atoms with van der Waals surface area (Å²) in [5.74, 6) is 1.00. The lowest BCUT2D eigenvalue weighted by Gasteiger charge is -2.24. The van der Waals surface area contributed by atoms with E-state index in [0.717, 1.165) is 16.9 Å². The highest BCUT2D eigenvalue weighted by Gasteiger charge is 2.27. The van der Waals surface area contributed by atoms with E-state index in [9.17, 15) is 9.59 Å². The standard InChI is InChI=1S/C30H35N5O2/c1-21(33(2)3)31-32-29(36)28-18-17-26-20-35(27-12-8-7-11-25(27)19-34(26)28)30(37)24-15-13-23(14-16-24)22-9-5-4-6-10-22/h7-8,11-18,22H,4-6,9-10,19-20H2,1-3H3,(H,32,36)/b31-21-. The van der Waals surface area contributed by atoms with Crippen LogP contribution >= 0.6 is 0 Å². The number of para-hydroxylation sites is 1. The van der Waals surface area contributed by atoms with Crippen molar-refractivity contribution in [2.45, 2.75) is 58.0 Å². The van der Waals surface area contributed by atoms with Crippen LogP contribution in [0.2, 0.25) is 0 Å². The third kappa shape index (κ3) is 5.17. The molecule has 1 aliphatic heterocycles. The van der Waals surface area contributed by atoms with Gasteiger partial charge in [-0.1, -0.05) is 49.6 Å². The number of aromatic nitrogens is 1. The van der Waals surface area contributed by atoms with Gasteiger partial charge in [0.25, 0.3) is 11.8 Å². The number of hydrazone groups is 1. The van der Waals surface area contributed by atoms with Gasteiger partial charge >= 0.3 is 0 Å². The quantitative estimate of drug-likeness (QED) is 0.299. The summed E-state index contributed by atoms with van der Waals surface area (Å²) >= 11 is 0. The Kier molecular flexibility index (Phi) is 7.12. The number of amidine groups is 1. The zero-order chi connectivity index (χ0) is 25.9. The number of carbonyl (C=O) groups is 2. The molecule has 0 spiro atoms. The topological polar surface area (TPSA) is 69.9 Å². The van der Waals surface area contributed by atoms with Gasteiger partial charge in [-0.15, -0.1) is 0 Å². The summed E-state index contributed by atoms with van der Waals surface area (Å²) in [6, 6.07) is 19.9. The van der Waals surface area contributed by atoms with Crippen LogP contribution in [0.25, 0.3) is 0 Å². The fourth-order valence-corrected chi connectivity index (χ4v) is 5.32. The molecule has 192 valence electrons. The summed E-state index contributed by atoms with van der Waals surface area (Å²) in [5, 5.41) is 4.18. The first-order valence-corrected chi connectivity index (χ1v) is 13.1. The third-order valence-corrected chi connectivity index (χ3v) is 7.68. The zero-order valence-electron chi connectivity index (χ0n) is 21.9. The summed E-state index contributed by atoms with van der Waals surface area (Å²) in [5.41, 5.74) is 7.97. The lowest BCUT2D eigenvalue weighted by Crippen LogP contribution is -2.30. The first kappa shape index (κ1) is 24.8. The second-order valence-electron chi connectivity index (χ2n) is 10.3. The molecule has 7 heteroatoms. The molecule has 7 nitrogen and oxygen atoms in total. The van der Waals surface area contributed by atoms with Gasteiger partial charge in [0, 0.05) is 31.0 Å². The SMILES string of the molecule is C/C(=N/NC(=O)c1ccc2n1Cc1ccccc1N(C(=O)c1ccc(C3CCCCC3)cc1)C2)N(C)C. The smallest absolute Gasteiger partial charge is 0.288 e. The molecule has 2 aromatic carbocycles. The molecule has 0 atom stereocenters. The van der Waals surface area contributed by atoms with E-state index in [0.29, 0.717) is 36.1 Å². The van der Waals surface area contributed by atoms with Crippen LogP contribution in [0.5, 0.6) is 0 Å². The molecule has 37 heavy (non-hydrogen) atoms. The highest BCUT2D eigenvalue weighted by molar-refractivity contribution is 6.06. The monoisotopic (exact) mass is 497 g/mol. The van der Waals surface area contributed by atoms with Gasteiger partial charge in [-0.2, -0.15) is 5.10 Å². The molecule has 2 heterocycles. The van der Waals surface area contributed by atoms with Crippen LogP contribution in [0, 0.1) is 0 Å². The van der Waals surface area contributed by atoms with Crippen molar-refractivity contribution in [2.75, 3.05) is 19.0 Å². The van der Waals surface area contributed by atoms with Gasteiger partial charge in [0.15, 0.2) is 0 Å². The first-order valence-electron chi connectivity index (χ1n) is 13.1. The summed E-state index contributed by atoms with van der Waals surface area (Å²) in [4.78, 5) is 30.5. The molecule has 1 N–H and O–H groups in total. The number of carbonyl (C=O) groups excluding carboxylic acids is 2. The number of anilines is 1. The predicted octanol–water partition coefficient (Wildman–Crippen LogP) is 5.37. The Balaban J connectivity index is 1.42. The van der Waals surface area contributed by atoms with Gasteiger partial charge in [0.2, 0.25) is 0 Å². The molecular weight excluding hydrogens is 462 g/mol. The summed E-state index contributed by atoms with van der Waals surface area (Å²) < 4.78 is 1.98. The highest BCUT2D eigenvalue weighted by Crippen LogP contribution is 2.34. The van der Waals surface area contributed by atoms with Gasteiger partial charge in [0.1, 0.15) is 11.5 Å². The Morgan fingerprint density at radius 1 is 0.919 bits per heavy atom. The van der Waals surface area contributed by atoms with Crippen LogP contribution in [0.4, 0.5) is 5.69 Å². The average molecular weight is 498 g/mol. The number of rotatable bonds is 4. The van der Waals surface area contributed by atoms with Crippen LogP contribution < -0.4 is 10.3 Å². The van der Waals surface area contributed by atoms with Crippen molar-refractivity contribution in [3.05, 3.63) is 88.7 Å². The van der Waals surface area contributed by atoms with Gasteiger partial charge in [0.05, 0.1) is 13.1 Å². The molecule has 0 unspecified atom stereocenters. The zero-order valence-corrected chi connectivity index (χ0v) is 21.9. The number of hydrogen-bond acceptors (Lipinski definition) is 3. The van der Waals surface area contributed by atoms with Gasteiger partial charge in [-0.3, -0.25) is 9.59 Å². The van der Waals surface area contributed by atoms with E-state index in [-0.39, 0.29) is 11.8 Å². The largest absolute Gasteiger partial charge is 0.365 e. The van der Waals surface area contributed by atoms with E-state index in [2.05, 4.69) is 22.7 Å². The van der Waals surface area contributed by atoms with Crippen molar-refractivity contribution < 1.29 is 9.59 Å². The molecule has 1 aliphatic carbocycles. The summed E-state index contributed by atoms with van der Waals surface area (Å²) in [6.07, 6.45) is 6.38. The molecule has 0 radical (unpaired) electrons. The van der Waals surface area contributed by atoms with Crippen molar-refractivity contribution in [2.24, 2.45) is 5.10 Å². The number of nitrogens with one attached hydrogen (secondary N) is 1.